The van der Waals surface area contributed by atoms with Gasteiger partial charge in [-0.25, -0.2) is 9.78 Å². The van der Waals surface area contributed by atoms with Gasteiger partial charge in [0.1, 0.15) is 22.9 Å². The Morgan fingerprint density at radius 2 is 2.00 bits per heavy atom. The SMILES string of the molecule is CO[C@@H]1CCC(CC(=O)c2cnn3c(N(C)C(=O)OC(C)(C)C)cc(Nc4cccn([C@@H]5CCC[C@@H]5O)c4=O)nc23)C1. The van der Waals surface area contributed by atoms with E-state index in [1.807, 2.05) is 0 Å². The van der Waals surface area contributed by atoms with Crippen LogP contribution >= 0.6 is 0 Å². The fourth-order valence-electron chi connectivity index (χ4n) is 5.92. The summed E-state index contributed by atoms with van der Waals surface area (Å²) >= 11 is 0. The third-order valence-electron chi connectivity index (χ3n) is 8.10. The zero-order chi connectivity index (χ0) is 30.2. The van der Waals surface area contributed by atoms with Crippen molar-refractivity contribution in [2.24, 2.45) is 5.92 Å². The fourth-order valence-corrected chi connectivity index (χ4v) is 5.92. The number of carbonyl (C=O) groups excluding carboxylic acids is 2. The largest absolute Gasteiger partial charge is 0.443 e. The van der Waals surface area contributed by atoms with Crippen LogP contribution in [0, 0.1) is 5.92 Å². The minimum Gasteiger partial charge on any atom is -0.443 e. The Hall–Kier alpha value is -3.77. The van der Waals surface area contributed by atoms with Gasteiger partial charge in [-0.05, 0) is 77.3 Å². The number of ether oxygens (including phenoxy) is 2. The van der Waals surface area contributed by atoms with Crippen LogP contribution in [0.25, 0.3) is 5.65 Å². The molecule has 0 aromatic carbocycles. The summed E-state index contributed by atoms with van der Waals surface area (Å²) < 4.78 is 14.0. The predicted molar refractivity (Wildman–Crippen MR) is 158 cm³/mol. The first-order valence-electron chi connectivity index (χ1n) is 14.5. The number of hydrogen-bond donors (Lipinski definition) is 2. The number of aliphatic hydroxyl groups is 1. The van der Waals surface area contributed by atoms with Gasteiger partial charge < -0.3 is 24.5 Å². The summed E-state index contributed by atoms with van der Waals surface area (Å²) in [7, 11) is 3.24. The Morgan fingerprint density at radius 3 is 2.67 bits per heavy atom. The predicted octanol–water partition coefficient (Wildman–Crippen LogP) is 4.48. The number of anilines is 3. The second-order valence-corrected chi connectivity index (χ2v) is 12.3. The second-order valence-electron chi connectivity index (χ2n) is 12.3. The maximum absolute atomic E-state index is 13.5. The van der Waals surface area contributed by atoms with Crippen LogP contribution in [0.4, 0.5) is 22.1 Å². The lowest BCUT2D eigenvalue weighted by atomic mass is 9.98. The summed E-state index contributed by atoms with van der Waals surface area (Å²) in [6.07, 6.45) is 7.32. The first-order valence-corrected chi connectivity index (χ1v) is 14.5. The molecule has 0 saturated heterocycles. The van der Waals surface area contributed by atoms with Gasteiger partial charge in [0, 0.05) is 32.8 Å². The van der Waals surface area contributed by atoms with Gasteiger partial charge >= 0.3 is 6.09 Å². The first kappa shape index (κ1) is 29.7. The van der Waals surface area contributed by atoms with Gasteiger partial charge in [0.25, 0.3) is 5.56 Å². The van der Waals surface area contributed by atoms with E-state index >= 15 is 0 Å². The monoisotopic (exact) mass is 580 g/mol. The van der Waals surface area contributed by atoms with Crippen molar-refractivity contribution in [3.05, 3.63) is 46.5 Å². The smallest absolute Gasteiger partial charge is 0.415 e. The van der Waals surface area contributed by atoms with E-state index in [4.69, 9.17) is 9.47 Å². The second kappa shape index (κ2) is 11.8. The number of fused-ring (bicyclic) bond motifs is 1. The molecule has 0 spiro atoms. The molecule has 2 fully saturated rings. The molecule has 3 aromatic rings. The van der Waals surface area contributed by atoms with E-state index in [0.29, 0.717) is 30.6 Å². The van der Waals surface area contributed by atoms with Crippen LogP contribution < -0.4 is 15.8 Å². The van der Waals surface area contributed by atoms with Crippen molar-refractivity contribution in [1.29, 1.82) is 0 Å². The normalized spacial score (nSPS) is 22.4. The third-order valence-corrected chi connectivity index (χ3v) is 8.10. The minimum absolute atomic E-state index is 0.0976. The van der Waals surface area contributed by atoms with Crippen molar-refractivity contribution in [1.82, 2.24) is 19.2 Å². The number of aromatic nitrogens is 4. The summed E-state index contributed by atoms with van der Waals surface area (Å²) in [4.78, 5) is 45.9. The van der Waals surface area contributed by atoms with Gasteiger partial charge in [-0.1, -0.05) is 0 Å². The van der Waals surface area contributed by atoms with Crippen LogP contribution in [0.5, 0.6) is 0 Å². The molecular formula is C30H40N6O6. The van der Waals surface area contributed by atoms with Crippen LogP contribution in [0.2, 0.25) is 0 Å². The molecule has 226 valence electrons. The van der Waals surface area contributed by atoms with Crippen LogP contribution in [-0.4, -0.2) is 68.1 Å². The highest BCUT2D eigenvalue weighted by Gasteiger charge is 2.30. The van der Waals surface area contributed by atoms with Crippen molar-refractivity contribution in [3.63, 3.8) is 0 Å². The number of hydrogen-bond acceptors (Lipinski definition) is 9. The van der Waals surface area contributed by atoms with E-state index in [1.54, 1.807) is 63.9 Å². The minimum atomic E-state index is -0.731. The number of Topliss-reactive ketones (excluding diaryl/α,β-unsaturated/α-hetero) is 1. The number of rotatable bonds is 8. The molecule has 3 heterocycles. The quantitative estimate of drug-likeness (QED) is 0.369. The lowest BCUT2D eigenvalue weighted by Crippen LogP contribution is -2.35. The molecule has 0 radical (unpaired) electrons. The lowest BCUT2D eigenvalue weighted by molar-refractivity contribution is 0.0587. The Morgan fingerprint density at radius 1 is 1.21 bits per heavy atom. The molecule has 12 heteroatoms. The highest BCUT2D eigenvalue weighted by molar-refractivity contribution is 6.02. The summed E-state index contributed by atoms with van der Waals surface area (Å²) in [5.41, 5.74) is -0.184. The van der Waals surface area contributed by atoms with E-state index < -0.39 is 17.8 Å². The number of ketones is 1. The van der Waals surface area contributed by atoms with Gasteiger partial charge in [-0.15, -0.1) is 0 Å². The molecule has 4 atom stereocenters. The van der Waals surface area contributed by atoms with Gasteiger partial charge in [0.05, 0.1) is 30.0 Å². The molecule has 2 aliphatic carbocycles. The third kappa shape index (κ3) is 6.19. The van der Waals surface area contributed by atoms with Crippen molar-refractivity contribution < 1.29 is 24.2 Å². The molecule has 2 N–H and O–H groups in total. The zero-order valence-electron chi connectivity index (χ0n) is 24.9. The Kier molecular flexibility index (Phi) is 8.38. The van der Waals surface area contributed by atoms with E-state index in [9.17, 15) is 19.5 Å². The number of pyridine rings is 1. The summed E-state index contributed by atoms with van der Waals surface area (Å²) in [5, 5.41) is 17.9. The molecule has 1 unspecified atom stereocenters. The van der Waals surface area contributed by atoms with Crippen molar-refractivity contribution in [2.75, 3.05) is 24.4 Å². The number of nitrogens with zero attached hydrogens (tertiary/aromatic N) is 5. The van der Waals surface area contributed by atoms with Gasteiger partial charge in [0.2, 0.25) is 0 Å². The molecule has 42 heavy (non-hydrogen) atoms. The number of nitrogens with one attached hydrogen (secondary N) is 1. The first-order chi connectivity index (χ1) is 19.9. The highest BCUT2D eigenvalue weighted by atomic mass is 16.6. The van der Waals surface area contributed by atoms with Gasteiger partial charge in [0.15, 0.2) is 11.4 Å². The molecule has 5 rings (SSSR count). The van der Waals surface area contributed by atoms with E-state index in [2.05, 4.69) is 15.4 Å². The standard InChI is InChI=1S/C30H40N6O6/c1-30(2,3)42-29(40)34(4)26-16-25(32-21-8-7-13-35(28(21)39)22-9-6-10-23(22)37)33-27-20(17-31-36(26)27)24(38)15-18-11-12-19(14-18)41-5/h7-8,13,16-19,22-23,37H,6,9-12,14-15H2,1-5H3,(H,32,33)/t18?,19-,22-,23+/m1/s1. The summed E-state index contributed by atoms with van der Waals surface area (Å²) in [6, 6.07) is 4.66. The maximum atomic E-state index is 13.5. The molecular weight excluding hydrogens is 540 g/mol. The van der Waals surface area contributed by atoms with Gasteiger partial charge in [-0.2, -0.15) is 9.61 Å². The van der Waals surface area contributed by atoms with Crippen molar-refractivity contribution in [3.8, 4) is 0 Å². The van der Waals surface area contributed by atoms with E-state index in [0.717, 1.165) is 25.7 Å². The Balaban J connectivity index is 1.52. The van der Waals surface area contributed by atoms with Crippen LogP contribution in [-0.2, 0) is 9.47 Å². The molecule has 12 nitrogen and oxygen atoms in total. The molecule has 0 aliphatic heterocycles. The fraction of sp³-hybridized carbons (Fsp3) is 0.567. The average Bonchev–Trinajstić information content (AvgIpc) is 3.68. The van der Waals surface area contributed by atoms with Crippen LogP contribution in [0.15, 0.2) is 35.4 Å². The Bertz CT molecular complexity index is 1520. The molecule has 3 aromatic heterocycles. The molecule has 2 saturated carbocycles. The van der Waals surface area contributed by atoms with Crippen molar-refractivity contribution in [2.45, 2.75) is 89.6 Å². The number of aliphatic hydroxyl groups excluding tert-OH is 1. The molecule has 1 amide bonds. The number of amides is 1. The van der Waals surface area contributed by atoms with Crippen molar-refractivity contribution >= 4 is 34.8 Å². The van der Waals surface area contributed by atoms with Crippen LogP contribution in [0.1, 0.15) is 82.1 Å². The average molecular weight is 581 g/mol. The highest BCUT2D eigenvalue weighted by Crippen LogP contribution is 2.33. The number of carbonyl (C=O) groups is 2. The lowest BCUT2D eigenvalue weighted by Gasteiger charge is -2.25. The van der Waals surface area contributed by atoms with E-state index in [-0.39, 0.29) is 46.6 Å². The summed E-state index contributed by atoms with van der Waals surface area (Å²) in [5.74, 6) is 0.666. The topological polar surface area (TPSA) is 140 Å². The Labute approximate surface area is 244 Å². The summed E-state index contributed by atoms with van der Waals surface area (Å²) in [6.45, 7) is 5.33. The number of methoxy groups -OCH3 is 1. The van der Waals surface area contributed by atoms with E-state index in [1.165, 1.54) is 15.6 Å². The maximum Gasteiger partial charge on any atom is 0.415 e. The van der Waals surface area contributed by atoms with Gasteiger partial charge in [-0.3, -0.25) is 14.5 Å². The molecule has 0 bridgehead atoms. The molecule has 2 aliphatic rings. The zero-order valence-corrected chi connectivity index (χ0v) is 24.9. The van der Waals surface area contributed by atoms with Crippen LogP contribution in [0.3, 0.4) is 0 Å².